The van der Waals surface area contributed by atoms with Crippen molar-refractivity contribution in [2.45, 2.75) is 64.0 Å². The number of aromatic nitrogens is 7. The average Bonchev–Trinajstić information content (AvgIpc) is 3.72. The fraction of sp³-hybridized carbons (Fsp3) is 0.520. The predicted octanol–water partition coefficient (Wildman–Crippen LogP) is 3.62. The zero-order valence-electron chi connectivity index (χ0n) is 21.4. The van der Waals surface area contributed by atoms with E-state index >= 15 is 0 Å². The molecular formula is C25H30N10O2S. The summed E-state index contributed by atoms with van der Waals surface area (Å²) in [5.74, 6) is 2.91. The number of rotatable bonds is 9. The Bertz CT molecular complexity index is 1490. The van der Waals surface area contributed by atoms with Crippen molar-refractivity contribution in [1.29, 1.82) is 0 Å². The van der Waals surface area contributed by atoms with Crippen molar-refractivity contribution in [2.24, 2.45) is 13.0 Å². The highest BCUT2D eigenvalue weighted by atomic mass is 32.1. The summed E-state index contributed by atoms with van der Waals surface area (Å²) in [7, 11) is 1.84. The van der Waals surface area contributed by atoms with E-state index in [0.717, 1.165) is 47.8 Å². The zero-order chi connectivity index (χ0) is 25.8. The van der Waals surface area contributed by atoms with E-state index in [1.807, 2.05) is 13.1 Å². The Morgan fingerprint density at radius 3 is 2.82 bits per heavy atom. The Morgan fingerprint density at radius 2 is 2.05 bits per heavy atom. The number of hydrogen-bond donors (Lipinski definition) is 3. The second-order valence-corrected chi connectivity index (χ2v) is 11.6. The van der Waals surface area contributed by atoms with Gasteiger partial charge in [-0.25, -0.2) is 0 Å². The first-order valence-corrected chi connectivity index (χ1v) is 14.0. The van der Waals surface area contributed by atoms with Gasteiger partial charge in [-0.1, -0.05) is 0 Å². The van der Waals surface area contributed by atoms with E-state index in [1.165, 1.54) is 30.6 Å². The highest BCUT2D eigenvalue weighted by Crippen LogP contribution is 2.43. The van der Waals surface area contributed by atoms with Gasteiger partial charge in [0.25, 0.3) is 11.8 Å². The lowest BCUT2D eigenvalue weighted by Crippen LogP contribution is -2.28. The average molecular weight is 535 g/mol. The van der Waals surface area contributed by atoms with Crippen LogP contribution in [0.2, 0.25) is 0 Å². The van der Waals surface area contributed by atoms with Gasteiger partial charge < -0.3 is 20.4 Å². The van der Waals surface area contributed by atoms with Crippen LogP contribution in [0.4, 0.5) is 16.8 Å². The number of hydrogen-bond acceptors (Lipinski definition) is 10. The molecule has 4 aromatic heterocycles. The first kappa shape index (κ1) is 23.4. The van der Waals surface area contributed by atoms with Gasteiger partial charge in [-0.05, 0) is 56.4 Å². The third kappa shape index (κ3) is 4.55. The first-order valence-electron chi connectivity index (χ1n) is 13.2. The van der Waals surface area contributed by atoms with Crippen LogP contribution >= 0.6 is 11.3 Å². The Kier molecular flexibility index (Phi) is 5.68. The number of carbonyl (C=O) groups excluding carboxylic acids is 1. The van der Waals surface area contributed by atoms with Gasteiger partial charge in [-0.3, -0.25) is 14.0 Å². The van der Waals surface area contributed by atoms with Crippen LogP contribution in [0, 0.1) is 12.8 Å². The van der Waals surface area contributed by atoms with Crippen LogP contribution < -0.4 is 16.0 Å². The van der Waals surface area contributed by atoms with E-state index in [0.29, 0.717) is 35.4 Å². The maximum atomic E-state index is 13.4. The van der Waals surface area contributed by atoms with E-state index in [9.17, 15) is 4.79 Å². The summed E-state index contributed by atoms with van der Waals surface area (Å²) in [6.07, 6.45) is 9.17. The molecule has 0 saturated heterocycles. The standard InChI is InChI=1S/C25H30N10O2S/c1-13-30-31-23(37-13)18-10-20(34(2)33-18)29-25-32-27-12-35(25)16-7-8-19-17(9-16)21(22(36)26-11-14-3-4-14)24(38-19)28-15-5-6-15/h10,12,14-16,28H,3-9,11H2,1-2H3,(H,26,36)(H,29,32)/t16-/m0/s1. The van der Waals surface area contributed by atoms with Gasteiger partial charge in [0.15, 0.2) is 5.69 Å². The quantitative estimate of drug-likeness (QED) is 0.294. The van der Waals surface area contributed by atoms with Crippen LogP contribution in [0.1, 0.15) is 64.8 Å². The topological polar surface area (TPSA) is 141 Å². The monoisotopic (exact) mass is 534 g/mol. The SMILES string of the molecule is Cc1nnc(-c2cc(Nc3nncn3[C@H]3CCc4sc(NC5CC5)c(C(=O)NCC5CC5)c4C3)n(C)n2)o1. The molecule has 4 heterocycles. The van der Waals surface area contributed by atoms with Gasteiger partial charge in [0, 0.05) is 43.5 Å². The van der Waals surface area contributed by atoms with Gasteiger partial charge in [-0.15, -0.1) is 31.7 Å². The second kappa shape index (κ2) is 9.22. The molecule has 13 heteroatoms. The van der Waals surface area contributed by atoms with Crippen molar-refractivity contribution < 1.29 is 9.21 Å². The summed E-state index contributed by atoms with van der Waals surface area (Å²) < 4.78 is 9.31. The largest absolute Gasteiger partial charge is 0.420 e. The molecule has 38 heavy (non-hydrogen) atoms. The minimum atomic E-state index is 0.0546. The number of aryl methyl sites for hydroxylation is 3. The number of anilines is 3. The molecule has 3 N–H and O–H groups in total. The van der Waals surface area contributed by atoms with Gasteiger partial charge in [0.05, 0.1) is 5.56 Å². The molecule has 3 aliphatic carbocycles. The van der Waals surface area contributed by atoms with Crippen molar-refractivity contribution in [3.63, 3.8) is 0 Å². The summed E-state index contributed by atoms with van der Waals surface area (Å²) in [5, 5.41) is 32.2. The van der Waals surface area contributed by atoms with E-state index in [1.54, 1.807) is 29.3 Å². The molecular weight excluding hydrogens is 504 g/mol. The summed E-state index contributed by atoms with van der Waals surface area (Å²) >= 11 is 1.76. The fourth-order valence-electron chi connectivity index (χ4n) is 5.01. The Morgan fingerprint density at radius 1 is 1.18 bits per heavy atom. The van der Waals surface area contributed by atoms with Crippen molar-refractivity contribution in [3.05, 3.63) is 34.3 Å². The van der Waals surface area contributed by atoms with Crippen LogP contribution in [0.5, 0.6) is 0 Å². The van der Waals surface area contributed by atoms with Crippen LogP contribution in [-0.2, 0) is 19.9 Å². The lowest BCUT2D eigenvalue weighted by Gasteiger charge is -2.25. The van der Waals surface area contributed by atoms with Crippen molar-refractivity contribution in [2.75, 3.05) is 17.2 Å². The summed E-state index contributed by atoms with van der Waals surface area (Å²) in [6, 6.07) is 2.47. The summed E-state index contributed by atoms with van der Waals surface area (Å²) in [4.78, 5) is 14.7. The first-order chi connectivity index (χ1) is 18.5. The molecule has 2 fully saturated rings. The van der Waals surface area contributed by atoms with Crippen molar-refractivity contribution in [1.82, 2.24) is 40.1 Å². The van der Waals surface area contributed by atoms with E-state index < -0.39 is 0 Å². The van der Waals surface area contributed by atoms with Gasteiger partial charge in [0.2, 0.25) is 11.8 Å². The molecule has 0 unspecified atom stereocenters. The molecule has 0 spiro atoms. The van der Waals surface area contributed by atoms with E-state index in [2.05, 4.69) is 46.0 Å². The lowest BCUT2D eigenvalue weighted by molar-refractivity contribution is 0.0951. The maximum Gasteiger partial charge on any atom is 0.268 e. The van der Waals surface area contributed by atoms with E-state index in [4.69, 9.17) is 4.42 Å². The summed E-state index contributed by atoms with van der Waals surface area (Å²) in [5.41, 5.74) is 2.59. The highest BCUT2D eigenvalue weighted by molar-refractivity contribution is 7.16. The molecule has 0 bridgehead atoms. The molecule has 12 nitrogen and oxygen atoms in total. The molecule has 1 amide bonds. The molecule has 3 aliphatic rings. The normalized spacial score (nSPS) is 18.8. The van der Waals surface area contributed by atoms with Gasteiger partial charge in [-0.2, -0.15) is 5.10 Å². The smallest absolute Gasteiger partial charge is 0.268 e. The zero-order valence-corrected chi connectivity index (χ0v) is 22.2. The Labute approximate surface area is 223 Å². The molecule has 0 radical (unpaired) electrons. The Balaban J connectivity index is 1.13. The van der Waals surface area contributed by atoms with Crippen LogP contribution in [0.25, 0.3) is 11.6 Å². The Hall–Kier alpha value is -3.74. The predicted molar refractivity (Wildman–Crippen MR) is 142 cm³/mol. The van der Waals surface area contributed by atoms with Crippen molar-refractivity contribution in [3.8, 4) is 11.6 Å². The molecule has 0 aromatic carbocycles. The minimum absolute atomic E-state index is 0.0546. The van der Waals surface area contributed by atoms with Gasteiger partial charge >= 0.3 is 0 Å². The molecule has 1 atom stereocenters. The van der Waals surface area contributed by atoms with Crippen LogP contribution in [0.15, 0.2) is 16.8 Å². The molecule has 4 aromatic rings. The lowest BCUT2D eigenvalue weighted by atomic mass is 9.91. The third-order valence-corrected chi connectivity index (χ3v) is 8.68. The van der Waals surface area contributed by atoms with E-state index in [-0.39, 0.29) is 11.9 Å². The highest BCUT2D eigenvalue weighted by Gasteiger charge is 2.33. The van der Waals surface area contributed by atoms with Crippen LogP contribution in [0.3, 0.4) is 0 Å². The number of nitrogens with one attached hydrogen (secondary N) is 3. The molecule has 2 saturated carbocycles. The number of amides is 1. The number of nitrogens with zero attached hydrogens (tertiary/aromatic N) is 7. The molecule has 7 rings (SSSR count). The van der Waals surface area contributed by atoms with Gasteiger partial charge in [0.1, 0.15) is 17.1 Å². The molecule has 0 aliphatic heterocycles. The van der Waals surface area contributed by atoms with Crippen molar-refractivity contribution >= 4 is 34.0 Å². The number of fused-ring (bicyclic) bond motifs is 1. The fourth-order valence-corrected chi connectivity index (χ4v) is 6.33. The number of thiophene rings is 1. The second-order valence-electron chi connectivity index (χ2n) is 10.5. The maximum absolute atomic E-state index is 13.4. The van der Waals surface area contributed by atoms with Crippen LogP contribution in [-0.4, -0.2) is 53.2 Å². The molecule has 198 valence electrons. The minimum Gasteiger partial charge on any atom is -0.420 e. The number of carbonyl (C=O) groups is 1. The third-order valence-electron chi connectivity index (χ3n) is 7.45. The summed E-state index contributed by atoms with van der Waals surface area (Å²) in [6.45, 7) is 2.52.